The number of urea groups is 1. The molecule has 2 amide bonds. The number of hydrogen-bond donors (Lipinski definition) is 3. The summed E-state index contributed by atoms with van der Waals surface area (Å²) in [4.78, 5) is 11.7. The summed E-state index contributed by atoms with van der Waals surface area (Å²) in [5.74, 6) is -0.142. The van der Waals surface area contributed by atoms with E-state index >= 15 is 0 Å². The molecule has 0 aliphatic rings. The largest absolute Gasteiger partial charge is 0.506 e. The molecule has 0 spiro atoms. The molecular formula is C14H11F3N2O2. The minimum atomic E-state index is -4.48. The van der Waals surface area contributed by atoms with E-state index in [1.165, 1.54) is 24.3 Å². The molecule has 0 saturated heterocycles. The van der Waals surface area contributed by atoms with Gasteiger partial charge in [-0.15, -0.1) is 0 Å². The quantitative estimate of drug-likeness (QED) is 0.732. The smallest absolute Gasteiger partial charge is 0.416 e. The number of halogens is 3. The second-order valence-electron chi connectivity index (χ2n) is 4.17. The first-order valence-corrected chi connectivity index (χ1v) is 5.89. The van der Waals surface area contributed by atoms with Crippen molar-refractivity contribution in [3.05, 3.63) is 54.1 Å². The number of hydrogen-bond acceptors (Lipinski definition) is 2. The lowest BCUT2D eigenvalue weighted by Gasteiger charge is -2.11. The number of anilines is 2. The molecule has 0 saturated carbocycles. The third-order valence-corrected chi connectivity index (χ3v) is 2.60. The van der Waals surface area contributed by atoms with E-state index in [0.717, 1.165) is 12.1 Å². The normalized spacial score (nSPS) is 11.0. The maximum absolute atomic E-state index is 12.5. The highest BCUT2D eigenvalue weighted by Crippen LogP contribution is 2.30. The maximum Gasteiger partial charge on any atom is 0.416 e. The standard InChI is InChI=1S/C14H11F3N2O2/c15-14(16,17)9-4-3-5-10(8-9)18-13(21)19-11-6-1-2-7-12(11)20/h1-8,20H,(H2,18,19,21). The number of para-hydroxylation sites is 2. The van der Waals surface area contributed by atoms with Crippen molar-refractivity contribution in [1.82, 2.24) is 0 Å². The molecule has 110 valence electrons. The van der Waals surface area contributed by atoms with E-state index in [4.69, 9.17) is 0 Å². The van der Waals surface area contributed by atoms with E-state index in [0.29, 0.717) is 0 Å². The number of benzene rings is 2. The summed E-state index contributed by atoms with van der Waals surface area (Å²) < 4.78 is 37.6. The fraction of sp³-hybridized carbons (Fsp3) is 0.0714. The lowest BCUT2D eigenvalue weighted by Crippen LogP contribution is -2.19. The van der Waals surface area contributed by atoms with Crippen molar-refractivity contribution in [2.45, 2.75) is 6.18 Å². The van der Waals surface area contributed by atoms with E-state index < -0.39 is 17.8 Å². The zero-order valence-electron chi connectivity index (χ0n) is 10.6. The molecule has 0 aliphatic heterocycles. The fourth-order valence-electron chi connectivity index (χ4n) is 1.64. The molecule has 2 rings (SSSR count). The number of carbonyl (C=O) groups excluding carboxylic acids is 1. The first-order chi connectivity index (χ1) is 9.86. The predicted octanol–water partition coefficient (Wildman–Crippen LogP) is 4.06. The van der Waals surface area contributed by atoms with Crippen LogP contribution in [0.15, 0.2) is 48.5 Å². The van der Waals surface area contributed by atoms with Crippen LogP contribution in [-0.2, 0) is 6.18 Å². The third kappa shape index (κ3) is 3.88. The van der Waals surface area contributed by atoms with Gasteiger partial charge >= 0.3 is 12.2 Å². The van der Waals surface area contributed by atoms with Gasteiger partial charge in [0, 0.05) is 5.69 Å². The Balaban J connectivity index is 2.08. The number of aromatic hydroxyl groups is 1. The molecule has 0 radical (unpaired) electrons. The van der Waals surface area contributed by atoms with Crippen molar-refractivity contribution in [1.29, 1.82) is 0 Å². The summed E-state index contributed by atoms with van der Waals surface area (Å²) in [5, 5.41) is 14.1. The summed E-state index contributed by atoms with van der Waals surface area (Å²) in [5.41, 5.74) is -0.706. The van der Waals surface area contributed by atoms with Crippen LogP contribution in [-0.4, -0.2) is 11.1 Å². The van der Waals surface area contributed by atoms with Crippen molar-refractivity contribution in [3.63, 3.8) is 0 Å². The second-order valence-corrected chi connectivity index (χ2v) is 4.17. The molecule has 0 atom stereocenters. The van der Waals surface area contributed by atoms with Crippen LogP contribution in [0.3, 0.4) is 0 Å². The van der Waals surface area contributed by atoms with Gasteiger partial charge in [-0.2, -0.15) is 13.2 Å². The van der Waals surface area contributed by atoms with Crippen molar-refractivity contribution < 1.29 is 23.1 Å². The average Bonchev–Trinajstić information content (AvgIpc) is 2.41. The van der Waals surface area contributed by atoms with Crippen LogP contribution in [0.2, 0.25) is 0 Å². The topological polar surface area (TPSA) is 61.4 Å². The summed E-state index contributed by atoms with van der Waals surface area (Å²) in [7, 11) is 0. The number of amides is 2. The minimum Gasteiger partial charge on any atom is -0.506 e. The molecular weight excluding hydrogens is 285 g/mol. The Bertz CT molecular complexity index is 657. The molecule has 21 heavy (non-hydrogen) atoms. The highest BCUT2D eigenvalue weighted by Gasteiger charge is 2.30. The molecule has 0 fully saturated rings. The average molecular weight is 296 g/mol. The van der Waals surface area contributed by atoms with Crippen LogP contribution in [0.1, 0.15) is 5.56 Å². The Hall–Kier alpha value is -2.70. The second kappa shape index (κ2) is 5.74. The SMILES string of the molecule is O=C(Nc1cccc(C(F)(F)F)c1)Nc1ccccc1O. The Kier molecular flexibility index (Phi) is 4.02. The number of phenols is 1. The Morgan fingerprint density at radius 2 is 1.71 bits per heavy atom. The summed E-state index contributed by atoms with van der Waals surface area (Å²) >= 11 is 0. The third-order valence-electron chi connectivity index (χ3n) is 2.60. The molecule has 7 heteroatoms. The summed E-state index contributed by atoms with van der Waals surface area (Å²) in [6.45, 7) is 0. The Labute approximate surface area is 118 Å². The molecule has 0 bridgehead atoms. The maximum atomic E-state index is 12.5. The molecule has 0 aliphatic carbocycles. The number of alkyl halides is 3. The molecule has 2 aromatic rings. The van der Waals surface area contributed by atoms with Crippen molar-refractivity contribution >= 4 is 17.4 Å². The van der Waals surface area contributed by atoms with E-state index in [2.05, 4.69) is 10.6 Å². The number of nitrogens with one attached hydrogen (secondary N) is 2. The van der Waals surface area contributed by atoms with Crippen molar-refractivity contribution in [3.8, 4) is 5.75 Å². The Morgan fingerprint density at radius 3 is 2.38 bits per heavy atom. The van der Waals surface area contributed by atoms with Gasteiger partial charge in [0.2, 0.25) is 0 Å². The van der Waals surface area contributed by atoms with E-state index in [9.17, 15) is 23.1 Å². The highest BCUT2D eigenvalue weighted by atomic mass is 19.4. The first kappa shape index (κ1) is 14.7. The summed E-state index contributed by atoms with van der Waals surface area (Å²) in [6.07, 6.45) is -4.48. The molecule has 0 heterocycles. The van der Waals surface area contributed by atoms with Gasteiger partial charge in [-0.25, -0.2) is 4.79 Å². The Morgan fingerprint density at radius 1 is 1.00 bits per heavy atom. The van der Waals surface area contributed by atoms with E-state index in [1.54, 1.807) is 12.1 Å². The molecule has 3 N–H and O–H groups in total. The number of phenolic OH excluding ortho intramolecular Hbond substituents is 1. The lowest BCUT2D eigenvalue weighted by atomic mass is 10.2. The number of rotatable bonds is 2. The van der Waals surface area contributed by atoms with Gasteiger partial charge in [-0.05, 0) is 30.3 Å². The van der Waals surface area contributed by atoms with Crippen LogP contribution in [0.5, 0.6) is 5.75 Å². The van der Waals surface area contributed by atoms with E-state index in [1.807, 2.05) is 0 Å². The van der Waals surface area contributed by atoms with Crippen molar-refractivity contribution in [2.75, 3.05) is 10.6 Å². The summed E-state index contributed by atoms with van der Waals surface area (Å²) in [6, 6.07) is 9.51. The molecule has 4 nitrogen and oxygen atoms in total. The predicted molar refractivity (Wildman–Crippen MR) is 72.2 cm³/mol. The van der Waals surface area contributed by atoms with Gasteiger partial charge in [0.15, 0.2) is 0 Å². The van der Waals surface area contributed by atoms with Crippen LogP contribution in [0.4, 0.5) is 29.3 Å². The fourth-order valence-corrected chi connectivity index (χ4v) is 1.64. The van der Waals surface area contributed by atoms with Gasteiger partial charge < -0.3 is 15.7 Å². The van der Waals surface area contributed by atoms with Gasteiger partial charge in [-0.1, -0.05) is 18.2 Å². The van der Waals surface area contributed by atoms with Crippen molar-refractivity contribution in [2.24, 2.45) is 0 Å². The zero-order chi connectivity index (χ0) is 15.5. The van der Waals surface area contributed by atoms with Gasteiger partial charge in [0.25, 0.3) is 0 Å². The first-order valence-electron chi connectivity index (χ1n) is 5.89. The zero-order valence-corrected chi connectivity index (χ0v) is 10.6. The van der Waals surface area contributed by atoms with E-state index in [-0.39, 0.29) is 17.1 Å². The monoisotopic (exact) mass is 296 g/mol. The van der Waals surface area contributed by atoms with Crippen LogP contribution < -0.4 is 10.6 Å². The van der Waals surface area contributed by atoms with Crippen LogP contribution >= 0.6 is 0 Å². The van der Waals surface area contributed by atoms with Gasteiger partial charge in [0.05, 0.1) is 11.3 Å². The molecule has 0 aromatic heterocycles. The molecule has 0 unspecified atom stereocenters. The highest BCUT2D eigenvalue weighted by molar-refractivity contribution is 6.00. The van der Waals surface area contributed by atoms with Crippen LogP contribution in [0.25, 0.3) is 0 Å². The van der Waals surface area contributed by atoms with Crippen LogP contribution in [0, 0.1) is 0 Å². The number of carbonyl (C=O) groups is 1. The lowest BCUT2D eigenvalue weighted by molar-refractivity contribution is -0.137. The minimum absolute atomic E-state index is 0.00209. The molecule has 2 aromatic carbocycles. The van der Waals surface area contributed by atoms with Gasteiger partial charge in [0.1, 0.15) is 5.75 Å². The van der Waals surface area contributed by atoms with Gasteiger partial charge in [-0.3, -0.25) is 0 Å².